The summed E-state index contributed by atoms with van der Waals surface area (Å²) < 4.78 is 4.83. The summed E-state index contributed by atoms with van der Waals surface area (Å²) in [5.41, 5.74) is 0. The number of hydrogen-bond donors (Lipinski definition) is 3. The van der Waals surface area contributed by atoms with Crippen LogP contribution in [0, 0.1) is 0 Å². The van der Waals surface area contributed by atoms with Crippen molar-refractivity contribution in [3.63, 3.8) is 0 Å². The summed E-state index contributed by atoms with van der Waals surface area (Å²) >= 11 is 0. The highest BCUT2D eigenvalue weighted by molar-refractivity contribution is 5.77. The minimum Gasteiger partial charge on any atom is -0.392 e. The molecule has 1 aliphatic rings. The van der Waals surface area contributed by atoms with Gasteiger partial charge in [-0.3, -0.25) is 4.79 Å². The molecule has 3 N–H and O–H groups in total. The Labute approximate surface area is 96.6 Å². The lowest BCUT2D eigenvalue weighted by Crippen LogP contribution is -2.46. The molecular weight excluding hydrogens is 208 g/mol. The van der Waals surface area contributed by atoms with E-state index in [4.69, 9.17) is 4.74 Å². The van der Waals surface area contributed by atoms with E-state index in [0.717, 1.165) is 25.7 Å². The second kappa shape index (κ2) is 7.60. The van der Waals surface area contributed by atoms with Crippen LogP contribution in [0.1, 0.15) is 25.7 Å². The van der Waals surface area contributed by atoms with Crippen molar-refractivity contribution in [1.29, 1.82) is 0 Å². The maximum absolute atomic E-state index is 11.4. The predicted octanol–water partition coefficient (Wildman–Crippen LogP) is -0.358. The molecule has 0 aromatic rings. The van der Waals surface area contributed by atoms with Gasteiger partial charge in [0.25, 0.3) is 0 Å². The Morgan fingerprint density at radius 1 is 1.44 bits per heavy atom. The van der Waals surface area contributed by atoms with Gasteiger partial charge in [0.05, 0.1) is 19.3 Å². The normalized spacial score (nSPS) is 25.4. The molecule has 0 spiro atoms. The molecule has 0 saturated heterocycles. The van der Waals surface area contributed by atoms with E-state index in [2.05, 4.69) is 10.6 Å². The molecule has 0 aromatic carbocycles. The summed E-state index contributed by atoms with van der Waals surface area (Å²) in [6, 6.07) is 0.0712. The van der Waals surface area contributed by atoms with Crippen LogP contribution in [0.5, 0.6) is 0 Å². The van der Waals surface area contributed by atoms with Crippen LogP contribution in [-0.4, -0.2) is 50.0 Å². The van der Waals surface area contributed by atoms with Gasteiger partial charge in [-0.1, -0.05) is 12.8 Å². The predicted molar refractivity (Wildman–Crippen MR) is 61.2 cm³/mol. The number of aliphatic hydroxyl groups is 1. The van der Waals surface area contributed by atoms with Crippen molar-refractivity contribution in [3.05, 3.63) is 0 Å². The first-order valence-corrected chi connectivity index (χ1v) is 5.91. The van der Waals surface area contributed by atoms with E-state index in [1.165, 1.54) is 0 Å². The van der Waals surface area contributed by atoms with Crippen molar-refractivity contribution in [2.24, 2.45) is 0 Å². The van der Waals surface area contributed by atoms with Gasteiger partial charge >= 0.3 is 0 Å². The Morgan fingerprint density at radius 3 is 2.88 bits per heavy atom. The van der Waals surface area contributed by atoms with Gasteiger partial charge in [-0.2, -0.15) is 0 Å². The van der Waals surface area contributed by atoms with Gasteiger partial charge in [0.1, 0.15) is 0 Å². The Bertz CT molecular complexity index is 211. The lowest BCUT2D eigenvalue weighted by molar-refractivity contribution is -0.120. The molecule has 94 valence electrons. The fourth-order valence-electron chi connectivity index (χ4n) is 1.93. The summed E-state index contributed by atoms with van der Waals surface area (Å²) in [6.45, 7) is 1.33. The maximum atomic E-state index is 11.4. The highest BCUT2D eigenvalue weighted by atomic mass is 16.5. The van der Waals surface area contributed by atoms with E-state index < -0.39 is 0 Å². The molecule has 0 unspecified atom stereocenters. The Morgan fingerprint density at radius 2 is 2.19 bits per heavy atom. The number of aliphatic hydroxyl groups excluding tert-OH is 1. The Kier molecular flexibility index (Phi) is 6.37. The number of nitrogens with one attached hydrogen (secondary N) is 2. The molecule has 0 heterocycles. The van der Waals surface area contributed by atoms with Gasteiger partial charge < -0.3 is 20.5 Å². The monoisotopic (exact) mass is 230 g/mol. The van der Waals surface area contributed by atoms with Crippen molar-refractivity contribution in [2.45, 2.75) is 37.8 Å². The number of carbonyl (C=O) groups is 1. The smallest absolute Gasteiger partial charge is 0.234 e. The molecule has 5 nitrogen and oxygen atoms in total. The number of carbonyl (C=O) groups excluding carboxylic acids is 1. The lowest BCUT2D eigenvalue weighted by Gasteiger charge is -2.28. The first-order chi connectivity index (χ1) is 7.74. The van der Waals surface area contributed by atoms with Gasteiger partial charge in [0.2, 0.25) is 5.91 Å². The van der Waals surface area contributed by atoms with E-state index in [9.17, 15) is 9.90 Å². The minimum absolute atomic E-state index is 0.0465. The molecule has 0 radical (unpaired) electrons. The Hall–Kier alpha value is -0.650. The van der Waals surface area contributed by atoms with Crippen molar-refractivity contribution >= 4 is 5.91 Å². The van der Waals surface area contributed by atoms with Crippen LogP contribution in [0.15, 0.2) is 0 Å². The van der Waals surface area contributed by atoms with Crippen molar-refractivity contribution in [1.82, 2.24) is 10.6 Å². The van der Waals surface area contributed by atoms with Crippen LogP contribution >= 0.6 is 0 Å². The van der Waals surface area contributed by atoms with E-state index in [0.29, 0.717) is 13.2 Å². The zero-order valence-corrected chi connectivity index (χ0v) is 9.87. The van der Waals surface area contributed by atoms with Crippen molar-refractivity contribution < 1.29 is 14.6 Å². The number of ether oxygens (including phenoxy) is 1. The quantitative estimate of drug-likeness (QED) is 0.545. The molecular formula is C11H22N2O3. The molecule has 1 saturated carbocycles. The van der Waals surface area contributed by atoms with Gasteiger partial charge in [-0.15, -0.1) is 0 Å². The fraction of sp³-hybridized carbons (Fsp3) is 0.909. The highest BCUT2D eigenvalue weighted by Crippen LogP contribution is 2.17. The van der Waals surface area contributed by atoms with Crippen LogP contribution in [-0.2, 0) is 9.53 Å². The van der Waals surface area contributed by atoms with Gasteiger partial charge in [0, 0.05) is 19.7 Å². The largest absolute Gasteiger partial charge is 0.392 e. The molecule has 0 aliphatic heterocycles. The summed E-state index contributed by atoms with van der Waals surface area (Å²) in [7, 11) is 1.60. The third kappa shape index (κ3) is 4.92. The highest BCUT2D eigenvalue weighted by Gasteiger charge is 2.22. The summed E-state index contributed by atoms with van der Waals surface area (Å²) in [5, 5.41) is 15.5. The topological polar surface area (TPSA) is 70.6 Å². The second-order valence-corrected chi connectivity index (χ2v) is 4.18. The fourth-order valence-corrected chi connectivity index (χ4v) is 1.93. The number of amides is 1. The second-order valence-electron chi connectivity index (χ2n) is 4.18. The third-order valence-electron chi connectivity index (χ3n) is 2.88. The van der Waals surface area contributed by atoms with Crippen molar-refractivity contribution in [3.8, 4) is 0 Å². The van der Waals surface area contributed by atoms with Gasteiger partial charge in [-0.05, 0) is 12.8 Å². The molecule has 1 amide bonds. The van der Waals surface area contributed by atoms with Crippen LogP contribution in [0.4, 0.5) is 0 Å². The van der Waals surface area contributed by atoms with E-state index in [1.54, 1.807) is 7.11 Å². The average molecular weight is 230 g/mol. The molecule has 1 fully saturated rings. The maximum Gasteiger partial charge on any atom is 0.234 e. The Balaban J connectivity index is 2.10. The molecule has 1 aliphatic carbocycles. The summed E-state index contributed by atoms with van der Waals surface area (Å²) in [6.07, 6.45) is 3.69. The summed E-state index contributed by atoms with van der Waals surface area (Å²) in [4.78, 5) is 11.4. The lowest BCUT2D eigenvalue weighted by atomic mass is 9.93. The van der Waals surface area contributed by atoms with Crippen LogP contribution < -0.4 is 10.6 Å². The zero-order chi connectivity index (χ0) is 11.8. The van der Waals surface area contributed by atoms with Crippen LogP contribution in [0.2, 0.25) is 0 Å². The molecule has 16 heavy (non-hydrogen) atoms. The van der Waals surface area contributed by atoms with Gasteiger partial charge in [-0.25, -0.2) is 0 Å². The minimum atomic E-state index is -0.305. The van der Waals surface area contributed by atoms with Crippen LogP contribution in [0.3, 0.4) is 0 Å². The first-order valence-electron chi connectivity index (χ1n) is 5.91. The average Bonchev–Trinajstić information content (AvgIpc) is 2.28. The van der Waals surface area contributed by atoms with Crippen LogP contribution in [0.25, 0.3) is 0 Å². The van der Waals surface area contributed by atoms with E-state index in [-0.39, 0.29) is 24.6 Å². The summed E-state index contributed by atoms with van der Waals surface area (Å²) in [5.74, 6) is -0.0465. The van der Waals surface area contributed by atoms with Crippen molar-refractivity contribution in [2.75, 3.05) is 26.8 Å². The molecule has 1 rings (SSSR count). The first kappa shape index (κ1) is 13.4. The standard InChI is InChI=1S/C11H22N2O3/c1-16-7-6-12-11(15)8-13-9-4-2-3-5-10(9)14/h9-10,13-14H,2-8H2,1H3,(H,12,15)/t9-,10-/m1/s1. The number of rotatable bonds is 6. The zero-order valence-electron chi connectivity index (χ0n) is 9.87. The SMILES string of the molecule is COCCNC(=O)CN[C@@H]1CCCC[C@H]1O. The molecule has 2 atom stereocenters. The van der Waals surface area contributed by atoms with E-state index in [1.807, 2.05) is 0 Å². The van der Waals surface area contributed by atoms with Gasteiger partial charge in [0.15, 0.2) is 0 Å². The molecule has 5 heteroatoms. The van der Waals surface area contributed by atoms with E-state index >= 15 is 0 Å². The molecule has 0 bridgehead atoms. The third-order valence-corrected chi connectivity index (χ3v) is 2.88. The number of methoxy groups -OCH3 is 1. The number of hydrogen-bond acceptors (Lipinski definition) is 4. The molecule has 0 aromatic heterocycles.